The SMILES string of the molecule is CC(CC(Cc1ccc(-c2ccccc2)cc1)NCCCC(=O)O)C(=O)O. The van der Waals surface area contributed by atoms with Gasteiger partial charge in [0.05, 0.1) is 5.92 Å². The van der Waals surface area contributed by atoms with E-state index in [9.17, 15) is 14.7 Å². The zero-order valence-electron chi connectivity index (χ0n) is 15.6. The lowest BCUT2D eigenvalue weighted by Crippen LogP contribution is -2.35. The van der Waals surface area contributed by atoms with E-state index < -0.39 is 17.9 Å². The Morgan fingerprint density at radius 2 is 1.59 bits per heavy atom. The molecule has 0 radical (unpaired) electrons. The smallest absolute Gasteiger partial charge is 0.306 e. The first-order valence-electron chi connectivity index (χ1n) is 9.28. The van der Waals surface area contributed by atoms with Crippen molar-refractivity contribution in [3.63, 3.8) is 0 Å². The molecule has 0 heterocycles. The zero-order valence-corrected chi connectivity index (χ0v) is 15.6. The Hall–Kier alpha value is -2.66. The van der Waals surface area contributed by atoms with Crippen molar-refractivity contribution in [2.24, 2.45) is 5.92 Å². The van der Waals surface area contributed by atoms with Gasteiger partial charge in [-0.05, 0) is 42.5 Å². The van der Waals surface area contributed by atoms with Crippen molar-refractivity contribution in [1.82, 2.24) is 5.32 Å². The fourth-order valence-electron chi connectivity index (χ4n) is 3.06. The maximum atomic E-state index is 11.2. The van der Waals surface area contributed by atoms with Gasteiger partial charge in [-0.15, -0.1) is 0 Å². The standard InChI is InChI=1S/C22H27NO4/c1-16(22(26)27)14-20(23-13-5-8-21(24)25)15-17-9-11-19(12-10-17)18-6-3-2-4-7-18/h2-4,6-7,9-12,16,20,23H,5,8,13-15H2,1H3,(H,24,25)(H,26,27). The summed E-state index contributed by atoms with van der Waals surface area (Å²) in [5.74, 6) is -2.08. The van der Waals surface area contributed by atoms with Gasteiger partial charge >= 0.3 is 11.9 Å². The molecule has 2 aromatic rings. The monoisotopic (exact) mass is 369 g/mol. The average Bonchev–Trinajstić information content (AvgIpc) is 2.66. The molecule has 2 aromatic carbocycles. The predicted molar refractivity (Wildman–Crippen MR) is 106 cm³/mol. The summed E-state index contributed by atoms with van der Waals surface area (Å²) < 4.78 is 0. The summed E-state index contributed by atoms with van der Waals surface area (Å²) in [4.78, 5) is 21.8. The number of hydrogen-bond acceptors (Lipinski definition) is 3. The topological polar surface area (TPSA) is 86.6 Å². The van der Waals surface area contributed by atoms with Crippen LogP contribution in [0.5, 0.6) is 0 Å². The summed E-state index contributed by atoms with van der Waals surface area (Å²) in [5.41, 5.74) is 3.43. The minimum absolute atomic E-state index is 0.00697. The first-order chi connectivity index (χ1) is 13.0. The van der Waals surface area contributed by atoms with Gasteiger partial charge in [0.2, 0.25) is 0 Å². The summed E-state index contributed by atoms with van der Waals surface area (Å²) in [5, 5.41) is 21.3. The highest BCUT2D eigenvalue weighted by molar-refractivity contribution is 5.69. The van der Waals surface area contributed by atoms with Crippen molar-refractivity contribution in [3.05, 3.63) is 60.2 Å². The zero-order chi connectivity index (χ0) is 19.6. The number of carbonyl (C=O) groups is 2. The van der Waals surface area contributed by atoms with Crippen LogP contribution in [0, 0.1) is 5.92 Å². The summed E-state index contributed by atoms with van der Waals surface area (Å²) in [6, 6.07) is 18.4. The molecule has 0 aliphatic heterocycles. The second kappa shape index (κ2) is 10.5. The van der Waals surface area contributed by atoms with Gasteiger partial charge in [-0.25, -0.2) is 0 Å². The molecular weight excluding hydrogens is 342 g/mol. The molecule has 0 aliphatic rings. The molecule has 5 heteroatoms. The number of rotatable bonds is 11. The number of benzene rings is 2. The Bertz CT molecular complexity index is 728. The Labute approximate surface area is 160 Å². The normalized spacial score (nSPS) is 13.1. The highest BCUT2D eigenvalue weighted by atomic mass is 16.4. The molecule has 0 amide bonds. The molecule has 0 spiro atoms. The van der Waals surface area contributed by atoms with E-state index in [0.717, 1.165) is 16.7 Å². The highest BCUT2D eigenvalue weighted by Crippen LogP contribution is 2.20. The lowest BCUT2D eigenvalue weighted by Gasteiger charge is -2.21. The fraction of sp³-hybridized carbons (Fsp3) is 0.364. The number of carboxylic acids is 2. The third-order valence-corrected chi connectivity index (χ3v) is 4.60. The van der Waals surface area contributed by atoms with Crippen molar-refractivity contribution < 1.29 is 19.8 Å². The Morgan fingerprint density at radius 1 is 0.963 bits per heavy atom. The molecule has 3 N–H and O–H groups in total. The molecule has 2 atom stereocenters. The maximum Gasteiger partial charge on any atom is 0.306 e. The minimum atomic E-state index is -0.816. The molecule has 5 nitrogen and oxygen atoms in total. The number of carboxylic acid groups (broad SMARTS) is 2. The Morgan fingerprint density at radius 3 is 2.19 bits per heavy atom. The van der Waals surface area contributed by atoms with Crippen molar-refractivity contribution >= 4 is 11.9 Å². The van der Waals surface area contributed by atoms with Crippen LogP contribution >= 0.6 is 0 Å². The number of nitrogens with one attached hydrogen (secondary N) is 1. The van der Waals surface area contributed by atoms with Crippen molar-refractivity contribution in [3.8, 4) is 11.1 Å². The second-order valence-electron chi connectivity index (χ2n) is 6.89. The van der Waals surface area contributed by atoms with Crippen LogP contribution in [-0.2, 0) is 16.0 Å². The lowest BCUT2D eigenvalue weighted by atomic mass is 9.95. The second-order valence-corrected chi connectivity index (χ2v) is 6.89. The van der Waals surface area contributed by atoms with Crippen LogP contribution in [0.2, 0.25) is 0 Å². The molecule has 144 valence electrons. The van der Waals surface area contributed by atoms with E-state index >= 15 is 0 Å². The van der Waals surface area contributed by atoms with E-state index in [0.29, 0.717) is 25.8 Å². The molecule has 2 rings (SSSR count). The largest absolute Gasteiger partial charge is 0.481 e. The van der Waals surface area contributed by atoms with Crippen molar-refractivity contribution in [2.75, 3.05) is 6.54 Å². The van der Waals surface area contributed by atoms with E-state index in [-0.39, 0.29) is 12.5 Å². The van der Waals surface area contributed by atoms with E-state index in [1.807, 2.05) is 18.2 Å². The molecule has 0 aromatic heterocycles. The Balaban J connectivity index is 1.99. The van der Waals surface area contributed by atoms with E-state index in [4.69, 9.17) is 5.11 Å². The predicted octanol–water partition coefficient (Wildman–Crippen LogP) is 3.83. The lowest BCUT2D eigenvalue weighted by molar-refractivity contribution is -0.141. The summed E-state index contributed by atoms with van der Waals surface area (Å²) >= 11 is 0. The fourth-order valence-corrected chi connectivity index (χ4v) is 3.06. The van der Waals surface area contributed by atoms with Gasteiger partial charge in [0.1, 0.15) is 0 Å². The average molecular weight is 369 g/mol. The van der Waals surface area contributed by atoms with Gasteiger partial charge in [0.15, 0.2) is 0 Å². The molecule has 0 aliphatic carbocycles. The number of hydrogen-bond donors (Lipinski definition) is 3. The van der Waals surface area contributed by atoms with E-state index in [2.05, 4.69) is 41.7 Å². The summed E-state index contributed by atoms with van der Waals surface area (Å²) in [6.45, 7) is 2.26. The Kier molecular flexibility index (Phi) is 8.01. The van der Waals surface area contributed by atoms with E-state index in [1.54, 1.807) is 6.92 Å². The third kappa shape index (κ3) is 7.23. The molecule has 2 unspecified atom stereocenters. The first kappa shape index (κ1) is 20.6. The highest BCUT2D eigenvalue weighted by Gasteiger charge is 2.18. The van der Waals surface area contributed by atoms with Gasteiger partial charge in [0.25, 0.3) is 0 Å². The molecule has 27 heavy (non-hydrogen) atoms. The first-order valence-corrected chi connectivity index (χ1v) is 9.28. The third-order valence-electron chi connectivity index (χ3n) is 4.60. The van der Waals surface area contributed by atoms with Crippen molar-refractivity contribution in [1.29, 1.82) is 0 Å². The summed E-state index contributed by atoms with van der Waals surface area (Å²) in [7, 11) is 0. The van der Waals surface area contributed by atoms with Crippen LogP contribution < -0.4 is 5.32 Å². The molecule has 0 saturated heterocycles. The van der Waals surface area contributed by atoms with Crippen LogP contribution in [0.25, 0.3) is 11.1 Å². The van der Waals surface area contributed by atoms with Crippen molar-refractivity contribution in [2.45, 2.75) is 38.6 Å². The van der Waals surface area contributed by atoms with Gasteiger partial charge in [-0.1, -0.05) is 61.5 Å². The molecule has 0 bridgehead atoms. The quantitative estimate of drug-likeness (QED) is 0.524. The van der Waals surface area contributed by atoms with Gasteiger partial charge in [-0.2, -0.15) is 0 Å². The van der Waals surface area contributed by atoms with Gasteiger partial charge in [-0.3, -0.25) is 9.59 Å². The number of aliphatic carboxylic acids is 2. The maximum absolute atomic E-state index is 11.2. The summed E-state index contributed by atoms with van der Waals surface area (Å²) in [6.07, 6.45) is 1.85. The molecule has 0 saturated carbocycles. The van der Waals surface area contributed by atoms with Crippen LogP contribution in [0.1, 0.15) is 31.7 Å². The molecule has 0 fully saturated rings. The van der Waals surface area contributed by atoms with Crippen LogP contribution in [0.15, 0.2) is 54.6 Å². The minimum Gasteiger partial charge on any atom is -0.481 e. The van der Waals surface area contributed by atoms with Crippen LogP contribution in [0.3, 0.4) is 0 Å². The van der Waals surface area contributed by atoms with Crippen LogP contribution in [-0.4, -0.2) is 34.7 Å². The van der Waals surface area contributed by atoms with E-state index in [1.165, 1.54) is 0 Å². The van der Waals surface area contributed by atoms with Crippen LogP contribution in [0.4, 0.5) is 0 Å². The molecular formula is C22H27NO4. The van der Waals surface area contributed by atoms with Gasteiger partial charge < -0.3 is 15.5 Å². The van der Waals surface area contributed by atoms with Gasteiger partial charge in [0, 0.05) is 12.5 Å².